The molecule has 0 saturated carbocycles. The van der Waals surface area contributed by atoms with Crippen LogP contribution < -0.4 is 14.8 Å². The highest BCUT2D eigenvalue weighted by Crippen LogP contribution is 2.36. The summed E-state index contributed by atoms with van der Waals surface area (Å²) in [5, 5.41) is 3.60. The van der Waals surface area contributed by atoms with Gasteiger partial charge in [-0.05, 0) is 65.9 Å². The van der Waals surface area contributed by atoms with Crippen molar-refractivity contribution in [2.75, 3.05) is 26.1 Å². The molecule has 4 aromatic rings. The number of rotatable bonds is 12. The second-order valence-corrected chi connectivity index (χ2v) is 13.3. The van der Waals surface area contributed by atoms with E-state index < -0.39 is 28.1 Å². The van der Waals surface area contributed by atoms with Gasteiger partial charge < -0.3 is 19.5 Å². The Bertz CT molecular complexity index is 1790. The van der Waals surface area contributed by atoms with E-state index in [9.17, 15) is 17.6 Å². The maximum atomic E-state index is 14.0. The molecule has 0 radical (unpaired) electrons. The number of hydrogen-bond acceptors (Lipinski definition) is 8. The van der Waals surface area contributed by atoms with E-state index in [1.165, 1.54) is 49.1 Å². The normalized spacial score (nSPS) is 15.7. The van der Waals surface area contributed by atoms with Gasteiger partial charge in [-0.2, -0.15) is 4.31 Å². The third-order valence-electron chi connectivity index (χ3n) is 7.74. The fraction of sp³-hybridized carbons (Fsp3) is 0.273. The van der Waals surface area contributed by atoms with E-state index in [0.717, 1.165) is 5.56 Å². The lowest BCUT2D eigenvalue weighted by Gasteiger charge is -2.26. The van der Waals surface area contributed by atoms with E-state index in [1.807, 2.05) is 0 Å². The first-order chi connectivity index (χ1) is 22.1. The van der Waals surface area contributed by atoms with Crippen molar-refractivity contribution in [3.05, 3.63) is 112 Å². The Morgan fingerprint density at radius 2 is 1.72 bits per heavy atom. The third-order valence-corrected chi connectivity index (χ3v) is 10.3. The minimum absolute atomic E-state index is 0.0358. The molecule has 1 aliphatic rings. The molecule has 0 unspecified atom stereocenters. The lowest BCUT2D eigenvalue weighted by atomic mass is 10.0. The van der Waals surface area contributed by atoms with Crippen molar-refractivity contribution in [2.24, 2.45) is 0 Å². The molecule has 1 fully saturated rings. The molecule has 5 rings (SSSR count). The number of methoxy groups -OCH3 is 2. The zero-order valence-electron chi connectivity index (χ0n) is 25.1. The number of anilines is 1. The van der Waals surface area contributed by atoms with Gasteiger partial charge >= 0.3 is 5.97 Å². The summed E-state index contributed by atoms with van der Waals surface area (Å²) in [4.78, 5) is 17.8. The zero-order chi connectivity index (χ0) is 32.8. The standard InChI is InChI=1S/C33H32Cl2FN3O6S/c1-43-30-14-11-22(16-32(30)44-2)31(17-24-25(34)19-37-20-26(24)35)45-33(40)29-8-5-15-39(29)46(41,42)23-12-9-21(10-13-23)18-38-28-7-4-3-6-27(28)36/h3-4,6-7,9-14,16,19-20,29,31,38H,5,8,15,17-18H2,1-2H3/t29-,31-/m0/s1. The highest BCUT2D eigenvalue weighted by Gasteiger charge is 2.41. The lowest BCUT2D eigenvalue weighted by molar-refractivity contribution is -0.153. The second-order valence-electron chi connectivity index (χ2n) is 10.6. The minimum Gasteiger partial charge on any atom is -0.493 e. The number of nitrogens with one attached hydrogen (secondary N) is 1. The van der Waals surface area contributed by atoms with Crippen LogP contribution in [0.25, 0.3) is 0 Å². The van der Waals surface area contributed by atoms with Crippen molar-refractivity contribution >= 4 is 44.9 Å². The van der Waals surface area contributed by atoms with Crippen molar-refractivity contribution in [3.8, 4) is 11.5 Å². The molecule has 2 heterocycles. The van der Waals surface area contributed by atoms with Crippen LogP contribution in [0.3, 0.4) is 0 Å². The first-order valence-corrected chi connectivity index (χ1v) is 16.6. The average molecular weight is 689 g/mol. The SMILES string of the molecule is COc1ccc([C@H](Cc2c(Cl)cncc2Cl)OC(=O)[C@@H]2CCCN2S(=O)(=O)c2ccc(CNc3ccccc3F)cc2)cc1OC. The first-order valence-electron chi connectivity index (χ1n) is 14.4. The van der Waals surface area contributed by atoms with Crippen molar-refractivity contribution < 1.29 is 31.8 Å². The summed E-state index contributed by atoms with van der Waals surface area (Å²) in [5.41, 5.74) is 2.19. The van der Waals surface area contributed by atoms with Crippen molar-refractivity contribution in [3.63, 3.8) is 0 Å². The van der Waals surface area contributed by atoms with Crippen molar-refractivity contribution in [2.45, 2.75) is 42.8 Å². The Labute approximate surface area is 277 Å². The number of esters is 1. The van der Waals surface area contributed by atoms with E-state index in [-0.39, 0.29) is 30.1 Å². The summed E-state index contributed by atoms with van der Waals surface area (Å²) >= 11 is 12.8. The number of ether oxygens (including phenoxy) is 3. The largest absolute Gasteiger partial charge is 0.493 e. The lowest BCUT2D eigenvalue weighted by Crippen LogP contribution is -2.41. The predicted molar refractivity (Wildman–Crippen MR) is 173 cm³/mol. The number of sulfonamides is 1. The van der Waals surface area contributed by atoms with Crippen LogP contribution in [0.5, 0.6) is 11.5 Å². The van der Waals surface area contributed by atoms with Crippen LogP contribution in [0.4, 0.5) is 10.1 Å². The Morgan fingerprint density at radius 1 is 1.02 bits per heavy atom. The quantitative estimate of drug-likeness (QED) is 0.161. The van der Waals surface area contributed by atoms with Crippen molar-refractivity contribution in [1.29, 1.82) is 0 Å². The molecule has 0 aliphatic carbocycles. The van der Waals surface area contributed by atoms with Crippen LogP contribution in [-0.4, -0.2) is 50.5 Å². The average Bonchev–Trinajstić information content (AvgIpc) is 3.57. The fourth-order valence-electron chi connectivity index (χ4n) is 5.30. The molecule has 3 aromatic carbocycles. The number of carbonyl (C=O) groups excluding carboxylic acids is 1. The number of hydrogen-bond donors (Lipinski definition) is 1. The van der Waals surface area contributed by atoms with Gasteiger partial charge in [-0.3, -0.25) is 9.78 Å². The molecule has 0 amide bonds. The van der Waals surface area contributed by atoms with Gasteiger partial charge in [0.1, 0.15) is 18.0 Å². The molecule has 1 aromatic heterocycles. The summed E-state index contributed by atoms with van der Waals surface area (Å²) in [7, 11) is -1.05. The predicted octanol–water partition coefficient (Wildman–Crippen LogP) is 6.84. The van der Waals surface area contributed by atoms with Crippen LogP contribution in [0, 0.1) is 5.82 Å². The van der Waals surface area contributed by atoms with Gasteiger partial charge in [0.15, 0.2) is 11.5 Å². The number of para-hydroxylation sites is 1. The minimum atomic E-state index is -4.05. The van der Waals surface area contributed by atoms with Gasteiger partial charge in [0.25, 0.3) is 0 Å². The van der Waals surface area contributed by atoms with Crippen LogP contribution >= 0.6 is 23.2 Å². The molecule has 9 nitrogen and oxygen atoms in total. The maximum Gasteiger partial charge on any atom is 0.325 e. The number of nitrogens with zero attached hydrogens (tertiary/aromatic N) is 2. The highest BCUT2D eigenvalue weighted by molar-refractivity contribution is 7.89. The van der Waals surface area contributed by atoms with Gasteiger partial charge in [0.2, 0.25) is 10.0 Å². The summed E-state index contributed by atoms with van der Waals surface area (Å²) < 4.78 is 59.5. The van der Waals surface area contributed by atoms with Gasteiger partial charge in [0.05, 0.1) is 34.8 Å². The molecule has 2 atom stereocenters. The van der Waals surface area contributed by atoms with Gasteiger partial charge in [-0.1, -0.05) is 53.5 Å². The van der Waals surface area contributed by atoms with E-state index >= 15 is 0 Å². The van der Waals surface area contributed by atoms with E-state index in [2.05, 4.69) is 10.3 Å². The summed E-state index contributed by atoms with van der Waals surface area (Å²) in [6, 6.07) is 16.6. The Kier molecular flexibility index (Phi) is 10.7. The van der Waals surface area contributed by atoms with Gasteiger partial charge in [0, 0.05) is 31.9 Å². The number of halogens is 3. The Hall–Kier alpha value is -3.90. The van der Waals surface area contributed by atoms with Crippen LogP contribution in [0.15, 0.2) is 84.0 Å². The van der Waals surface area contributed by atoms with E-state index in [0.29, 0.717) is 51.3 Å². The second kappa shape index (κ2) is 14.7. The van der Waals surface area contributed by atoms with Crippen LogP contribution in [-0.2, 0) is 32.5 Å². The third kappa shape index (κ3) is 7.39. The molecule has 0 spiro atoms. The molecule has 1 aliphatic heterocycles. The fourth-order valence-corrected chi connectivity index (χ4v) is 7.46. The zero-order valence-corrected chi connectivity index (χ0v) is 27.4. The summed E-state index contributed by atoms with van der Waals surface area (Å²) in [6.07, 6.45) is 2.87. The molecule has 0 bridgehead atoms. The molecular weight excluding hydrogens is 656 g/mol. The Morgan fingerprint density at radius 3 is 2.39 bits per heavy atom. The van der Waals surface area contributed by atoms with Gasteiger partial charge in [-0.25, -0.2) is 12.8 Å². The summed E-state index contributed by atoms with van der Waals surface area (Å²) in [5.74, 6) is -0.175. The number of carbonyl (C=O) groups is 1. The molecule has 242 valence electrons. The molecule has 1 saturated heterocycles. The summed E-state index contributed by atoms with van der Waals surface area (Å²) in [6.45, 7) is 0.449. The number of aromatic nitrogens is 1. The topological polar surface area (TPSA) is 107 Å². The molecule has 13 heteroatoms. The molecule has 46 heavy (non-hydrogen) atoms. The maximum absolute atomic E-state index is 14.0. The van der Waals surface area contributed by atoms with Crippen molar-refractivity contribution in [1.82, 2.24) is 9.29 Å². The van der Waals surface area contributed by atoms with Crippen LogP contribution in [0.2, 0.25) is 10.0 Å². The van der Waals surface area contributed by atoms with Gasteiger partial charge in [-0.15, -0.1) is 0 Å². The first kappa shape index (κ1) is 33.5. The highest BCUT2D eigenvalue weighted by atomic mass is 35.5. The monoisotopic (exact) mass is 687 g/mol. The van der Waals surface area contributed by atoms with E-state index in [4.69, 9.17) is 37.4 Å². The molecular formula is C33H32Cl2FN3O6S. The smallest absolute Gasteiger partial charge is 0.325 e. The molecule has 1 N–H and O–H groups in total. The number of benzene rings is 3. The Balaban J connectivity index is 1.36. The van der Waals surface area contributed by atoms with Crippen LogP contribution in [0.1, 0.15) is 35.6 Å². The van der Waals surface area contributed by atoms with E-state index in [1.54, 1.807) is 48.5 Å². The number of pyridine rings is 1.